The van der Waals surface area contributed by atoms with E-state index in [-0.39, 0.29) is 11.4 Å². The van der Waals surface area contributed by atoms with Gasteiger partial charge >= 0.3 is 0 Å². The van der Waals surface area contributed by atoms with Gasteiger partial charge in [0, 0.05) is 12.3 Å². The highest BCUT2D eigenvalue weighted by molar-refractivity contribution is 7.17. The maximum Gasteiger partial charge on any atom is 0.264 e. The van der Waals surface area contributed by atoms with Gasteiger partial charge in [0.1, 0.15) is 28.7 Å². The number of nitrogens with zero attached hydrogens (tertiary/aromatic N) is 4. The van der Waals surface area contributed by atoms with E-state index >= 15 is 0 Å². The Balaban J connectivity index is 1.38. The average Bonchev–Trinajstić information content (AvgIpc) is 3.23. The summed E-state index contributed by atoms with van der Waals surface area (Å²) in [5.74, 6) is 1.93. The van der Waals surface area contributed by atoms with Crippen molar-refractivity contribution in [3.8, 4) is 0 Å². The number of fused-ring (bicyclic) bond motifs is 2. The lowest BCUT2D eigenvalue weighted by Gasteiger charge is -2.32. The number of pyridine rings is 1. The summed E-state index contributed by atoms with van der Waals surface area (Å²) in [5, 5.41) is 10.2. The minimum atomic E-state index is -0.279. The van der Waals surface area contributed by atoms with Crippen LogP contribution < -0.4 is 16.0 Å². The molecule has 3 N–H and O–H groups in total. The lowest BCUT2D eigenvalue weighted by Crippen LogP contribution is -2.41. The van der Waals surface area contributed by atoms with E-state index in [0.717, 1.165) is 31.4 Å². The fraction of sp³-hybridized carbons (Fsp3) is 0.316. The van der Waals surface area contributed by atoms with Gasteiger partial charge in [-0.15, -0.1) is 0 Å². The summed E-state index contributed by atoms with van der Waals surface area (Å²) in [6.07, 6.45) is 8.56. The monoisotopic (exact) mass is 393 g/mol. The van der Waals surface area contributed by atoms with Crippen molar-refractivity contribution in [2.45, 2.75) is 37.6 Å². The highest BCUT2D eigenvalue weighted by atomic mass is 32.1. The van der Waals surface area contributed by atoms with Crippen molar-refractivity contribution in [2.75, 3.05) is 10.6 Å². The Morgan fingerprint density at radius 3 is 2.61 bits per heavy atom. The fourth-order valence-corrected chi connectivity index (χ4v) is 4.84. The van der Waals surface area contributed by atoms with E-state index in [4.69, 9.17) is 4.98 Å². The SMILES string of the molecule is O=C1NC2(CCCCC2)c2nc(Nc3cc(Nc4ccccn4)ncn3)sc21. The third-order valence-corrected chi connectivity index (χ3v) is 6.14. The zero-order valence-corrected chi connectivity index (χ0v) is 15.9. The molecule has 1 aliphatic heterocycles. The second-order valence-electron chi connectivity index (χ2n) is 7.05. The fourth-order valence-electron chi connectivity index (χ4n) is 3.87. The zero-order chi connectivity index (χ0) is 19.0. The Morgan fingerprint density at radius 1 is 1.00 bits per heavy atom. The molecule has 0 radical (unpaired) electrons. The van der Waals surface area contributed by atoms with Crippen LogP contribution in [0.4, 0.5) is 22.6 Å². The van der Waals surface area contributed by atoms with E-state index < -0.39 is 0 Å². The van der Waals surface area contributed by atoms with Gasteiger partial charge in [-0.1, -0.05) is 36.7 Å². The first kappa shape index (κ1) is 17.1. The van der Waals surface area contributed by atoms with Gasteiger partial charge in [-0.25, -0.2) is 19.9 Å². The second-order valence-corrected chi connectivity index (χ2v) is 8.05. The minimum absolute atomic E-state index is 0.0114. The van der Waals surface area contributed by atoms with Crippen molar-refractivity contribution < 1.29 is 4.79 Å². The molecule has 3 aromatic heterocycles. The van der Waals surface area contributed by atoms with E-state index in [1.165, 1.54) is 24.1 Å². The Hall–Kier alpha value is -3.07. The van der Waals surface area contributed by atoms with Crippen LogP contribution in [0.5, 0.6) is 0 Å². The normalized spacial score (nSPS) is 17.2. The van der Waals surface area contributed by atoms with Gasteiger partial charge in [-0.2, -0.15) is 0 Å². The number of amides is 1. The van der Waals surface area contributed by atoms with Crippen LogP contribution >= 0.6 is 11.3 Å². The van der Waals surface area contributed by atoms with Crippen LogP contribution in [-0.4, -0.2) is 25.8 Å². The Bertz CT molecular complexity index is 1010. The number of hydrogen-bond acceptors (Lipinski definition) is 8. The molecule has 0 bridgehead atoms. The van der Waals surface area contributed by atoms with Crippen LogP contribution in [-0.2, 0) is 5.54 Å². The van der Waals surface area contributed by atoms with E-state index in [0.29, 0.717) is 27.5 Å². The lowest BCUT2D eigenvalue weighted by molar-refractivity contribution is 0.0910. The molecule has 28 heavy (non-hydrogen) atoms. The van der Waals surface area contributed by atoms with Gasteiger partial charge in [0.2, 0.25) is 0 Å². The summed E-state index contributed by atoms with van der Waals surface area (Å²) in [5.41, 5.74) is 0.615. The number of nitrogens with one attached hydrogen (secondary N) is 3. The summed E-state index contributed by atoms with van der Waals surface area (Å²) in [6, 6.07) is 7.41. The molecule has 1 aliphatic carbocycles. The van der Waals surface area contributed by atoms with Gasteiger partial charge < -0.3 is 16.0 Å². The molecule has 0 saturated heterocycles. The van der Waals surface area contributed by atoms with Crippen molar-refractivity contribution in [2.24, 2.45) is 0 Å². The number of thiazole rings is 1. The lowest BCUT2D eigenvalue weighted by atomic mass is 9.81. The summed E-state index contributed by atoms with van der Waals surface area (Å²) in [6.45, 7) is 0. The van der Waals surface area contributed by atoms with Gasteiger partial charge in [0.15, 0.2) is 5.13 Å². The maximum atomic E-state index is 12.5. The standard InChI is InChI=1S/C19H19N7OS/c27-17-15-16(19(26-17)7-3-1-4-8-19)25-18(28-15)24-14-10-13(21-11-22-14)23-12-6-2-5-9-20-12/h2,5-6,9-11H,1,3-4,7-8H2,(H,26,27)(H2,20,21,22,23,24,25). The third kappa shape index (κ3) is 3.07. The predicted octanol–water partition coefficient (Wildman–Crippen LogP) is 3.72. The topological polar surface area (TPSA) is 105 Å². The number of anilines is 4. The summed E-state index contributed by atoms with van der Waals surface area (Å²) in [7, 11) is 0. The van der Waals surface area contributed by atoms with Gasteiger partial charge in [0.05, 0.1) is 11.2 Å². The quantitative estimate of drug-likeness (QED) is 0.620. The first-order chi connectivity index (χ1) is 13.7. The molecule has 0 unspecified atom stereocenters. The van der Waals surface area contributed by atoms with Crippen molar-refractivity contribution >= 4 is 39.8 Å². The Labute approximate surface area is 165 Å². The molecular formula is C19H19N7OS. The predicted molar refractivity (Wildman–Crippen MR) is 107 cm³/mol. The van der Waals surface area contributed by atoms with Crippen molar-refractivity contribution in [1.29, 1.82) is 0 Å². The molecule has 0 aromatic carbocycles. The molecule has 1 amide bonds. The van der Waals surface area contributed by atoms with E-state index in [9.17, 15) is 4.79 Å². The number of carbonyl (C=O) groups is 1. The van der Waals surface area contributed by atoms with Crippen LogP contribution in [0.2, 0.25) is 0 Å². The Kier molecular flexibility index (Phi) is 4.16. The first-order valence-corrected chi connectivity index (χ1v) is 10.1. The highest BCUT2D eigenvalue weighted by Crippen LogP contribution is 2.45. The van der Waals surface area contributed by atoms with Crippen molar-refractivity contribution in [3.05, 3.63) is 47.4 Å². The third-order valence-electron chi connectivity index (χ3n) is 5.17. The molecule has 5 rings (SSSR count). The van der Waals surface area contributed by atoms with Crippen molar-refractivity contribution in [1.82, 2.24) is 25.3 Å². The molecule has 8 nitrogen and oxygen atoms in total. The van der Waals surface area contributed by atoms with Crippen LogP contribution in [0.25, 0.3) is 0 Å². The molecule has 0 atom stereocenters. The van der Waals surface area contributed by atoms with Gasteiger partial charge in [0.25, 0.3) is 5.91 Å². The second kappa shape index (κ2) is 6.83. The van der Waals surface area contributed by atoms with E-state index in [1.54, 1.807) is 12.3 Å². The first-order valence-electron chi connectivity index (χ1n) is 9.33. The molecule has 2 aliphatic rings. The van der Waals surface area contributed by atoms with E-state index in [1.807, 2.05) is 18.2 Å². The highest BCUT2D eigenvalue weighted by Gasteiger charge is 2.46. The zero-order valence-electron chi connectivity index (χ0n) is 15.1. The van der Waals surface area contributed by atoms with Crippen molar-refractivity contribution in [3.63, 3.8) is 0 Å². The van der Waals surface area contributed by atoms with Gasteiger partial charge in [-0.05, 0) is 25.0 Å². The summed E-state index contributed by atoms with van der Waals surface area (Å²) in [4.78, 5) is 30.6. The largest absolute Gasteiger partial charge is 0.340 e. The number of hydrogen-bond donors (Lipinski definition) is 3. The molecule has 1 saturated carbocycles. The molecular weight excluding hydrogens is 374 g/mol. The molecule has 4 heterocycles. The van der Waals surface area contributed by atoms with Crippen LogP contribution in [0, 0.1) is 0 Å². The smallest absolute Gasteiger partial charge is 0.264 e. The Morgan fingerprint density at radius 2 is 1.82 bits per heavy atom. The summed E-state index contributed by atoms with van der Waals surface area (Å²) < 4.78 is 0. The molecule has 1 spiro atoms. The van der Waals surface area contributed by atoms with Crippen LogP contribution in [0.3, 0.4) is 0 Å². The minimum Gasteiger partial charge on any atom is -0.340 e. The number of rotatable bonds is 4. The molecule has 3 aromatic rings. The average molecular weight is 393 g/mol. The molecule has 9 heteroatoms. The van der Waals surface area contributed by atoms with Crippen LogP contribution in [0.15, 0.2) is 36.8 Å². The maximum absolute atomic E-state index is 12.5. The molecule has 142 valence electrons. The van der Waals surface area contributed by atoms with E-state index in [2.05, 4.69) is 30.9 Å². The molecule has 1 fully saturated rings. The van der Waals surface area contributed by atoms with Gasteiger partial charge in [-0.3, -0.25) is 4.79 Å². The summed E-state index contributed by atoms with van der Waals surface area (Å²) >= 11 is 1.37. The number of carbonyl (C=O) groups excluding carboxylic acids is 1. The number of aromatic nitrogens is 4. The van der Waals surface area contributed by atoms with Crippen LogP contribution in [0.1, 0.15) is 47.5 Å².